The highest BCUT2D eigenvalue weighted by Crippen LogP contribution is 1.88. The molecule has 0 radical (unpaired) electrons. The zero-order valence-corrected chi connectivity index (χ0v) is 4.60. The first-order valence-corrected chi connectivity index (χ1v) is 2.71. The maximum atomic E-state index is 9.63. The van der Waals surface area contributed by atoms with Crippen LogP contribution in [0.3, 0.4) is 0 Å². The second-order valence-electron chi connectivity index (χ2n) is 0.820. The van der Waals surface area contributed by atoms with Crippen molar-refractivity contribution in [2.45, 2.75) is 0 Å². The minimum Gasteiger partial charge on any atom is -0.420 e. The number of hydrogen-bond acceptors (Lipinski definition) is 3. The fraction of sp³-hybridized carbons (Fsp3) is 0.333. The Morgan fingerprint density at radius 3 is 3.00 bits per heavy atom. The molecule has 0 aliphatic carbocycles. The molecular formula is C3H6NO2P. The average molecular weight is 119 g/mol. The summed E-state index contributed by atoms with van der Waals surface area (Å²) in [7, 11) is 0.0822. The lowest BCUT2D eigenvalue weighted by molar-refractivity contribution is 0.261. The molecule has 0 atom stereocenters. The Kier molecular flexibility index (Phi) is 5.28. The molecule has 0 aromatic carbocycles. The molecule has 0 unspecified atom stereocenters. The van der Waals surface area contributed by atoms with Crippen LogP contribution in [-0.4, -0.2) is 6.16 Å². The molecule has 0 aliphatic heterocycles. The monoisotopic (exact) mass is 119 g/mol. The van der Waals surface area contributed by atoms with E-state index in [1.165, 1.54) is 6.26 Å². The van der Waals surface area contributed by atoms with Crippen LogP contribution in [0.4, 0.5) is 0 Å². The quantitative estimate of drug-likeness (QED) is 0.337. The van der Waals surface area contributed by atoms with E-state index < -0.39 is 0 Å². The summed E-state index contributed by atoms with van der Waals surface area (Å²) in [6, 6.07) is 0. The van der Waals surface area contributed by atoms with E-state index in [1.54, 1.807) is 6.08 Å². The van der Waals surface area contributed by atoms with Crippen molar-refractivity contribution in [2.24, 2.45) is 5.90 Å². The Morgan fingerprint density at radius 2 is 2.57 bits per heavy atom. The van der Waals surface area contributed by atoms with Gasteiger partial charge in [-0.15, -0.1) is 0 Å². The Hall–Kier alpha value is -0.400. The van der Waals surface area contributed by atoms with Crippen molar-refractivity contribution in [1.82, 2.24) is 0 Å². The van der Waals surface area contributed by atoms with Crippen molar-refractivity contribution in [3.8, 4) is 0 Å². The van der Waals surface area contributed by atoms with Crippen molar-refractivity contribution in [3.63, 3.8) is 0 Å². The fourth-order valence-corrected chi connectivity index (χ4v) is 0.314. The second-order valence-corrected chi connectivity index (χ2v) is 1.44. The third kappa shape index (κ3) is 5.60. The number of allylic oxidation sites excluding steroid dienone is 1. The summed E-state index contributed by atoms with van der Waals surface area (Å²) in [4.78, 5) is 4.02. The third-order valence-electron chi connectivity index (χ3n) is 0.355. The molecule has 3 nitrogen and oxygen atoms in total. The standard InChI is InChI=1S/C3H6NO2P/c4-6-2-1-3-7-5/h1-2H,3-4H2. The van der Waals surface area contributed by atoms with Crippen LogP contribution >= 0.6 is 8.46 Å². The maximum absolute atomic E-state index is 9.63. The van der Waals surface area contributed by atoms with Crippen molar-refractivity contribution in [2.75, 3.05) is 6.16 Å². The average Bonchev–Trinajstić information content (AvgIpc) is 1.69. The van der Waals surface area contributed by atoms with Crippen LogP contribution in [0, 0.1) is 0 Å². The molecule has 2 N–H and O–H groups in total. The van der Waals surface area contributed by atoms with E-state index in [4.69, 9.17) is 0 Å². The molecule has 0 rings (SSSR count). The van der Waals surface area contributed by atoms with Crippen molar-refractivity contribution in [3.05, 3.63) is 12.3 Å². The van der Waals surface area contributed by atoms with E-state index in [0.29, 0.717) is 6.16 Å². The molecule has 0 aromatic heterocycles. The van der Waals surface area contributed by atoms with Gasteiger partial charge in [0.05, 0.1) is 0 Å². The van der Waals surface area contributed by atoms with E-state index in [1.807, 2.05) is 0 Å². The first kappa shape index (κ1) is 6.60. The largest absolute Gasteiger partial charge is 0.420 e. The predicted molar refractivity (Wildman–Crippen MR) is 26.9 cm³/mol. The Labute approximate surface area is 43.3 Å². The number of nitrogens with two attached hydrogens (primary N) is 1. The minimum atomic E-state index is 0.0822. The highest BCUT2D eigenvalue weighted by Gasteiger charge is 1.69. The lowest BCUT2D eigenvalue weighted by Crippen LogP contribution is -1.87. The zero-order chi connectivity index (χ0) is 5.54. The molecule has 0 aromatic rings. The molecule has 0 aliphatic rings. The molecule has 40 valence electrons. The van der Waals surface area contributed by atoms with Crippen LogP contribution < -0.4 is 5.90 Å². The molecular weight excluding hydrogens is 113 g/mol. The van der Waals surface area contributed by atoms with Crippen LogP contribution in [0.25, 0.3) is 0 Å². The van der Waals surface area contributed by atoms with Gasteiger partial charge in [0.25, 0.3) is 0 Å². The Bertz CT molecular complexity index is 73.3. The summed E-state index contributed by atoms with van der Waals surface area (Å²) in [5, 5.41) is 0. The summed E-state index contributed by atoms with van der Waals surface area (Å²) < 4.78 is 9.63. The first-order chi connectivity index (χ1) is 3.41. The van der Waals surface area contributed by atoms with Gasteiger partial charge in [-0.05, 0) is 6.08 Å². The SMILES string of the molecule is NOC=CCP=O. The lowest BCUT2D eigenvalue weighted by atomic mass is 10.7. The number of rotatable bonds is 3. The van der Waals surface area contributed by atoms with Crippen molar-refractivity contribution in [1.29, 1.82) is 0 Å². The predicted octanol–water partition coefficient (Wildman–Crippen LogP) is 0.682. The summed E-state index contributed by atoms with van der Waals surface area (Å²) in [5.74, 6) is 4.58. The van der Waals surface area contributed by atoms with E-state index in [-0.39, 0.29) is 8.46 Å². The highest BCUT2D eigenvalue weighted by molar-refractivity contribution is 7.23. The first-order valence-electron chi connectivity index (χ1n) is 1.71. The van der Waals surface area contributed by atoms with Gasteiger partial charge in [-0.25, -0.2) is 0 Å². The molecule has 4 heteroatoms. The topological polar surface area (TPSA) is 52.3 Å². The van der Waals surface area contributed by atoms with Crippen LogP contribution in [0.2, 0.25) is 0 Å². The van der Waals surface area contributed by atoms with Gasteiger partial charge in [0.1, 0.15) is 6.26 Å². The van der Waals surface area contributed by atoms with Gasteiger partial charge in [0, 0.05) is 6.16 Å². The van der Waals surface area contributed by atoms with Crippen LogP contribution in [0.1, 0.15) is 0 Å². The van der Waals surface area contributed by atoms with Gasteiger partial charge in [0.2, 0.25) is 0 Å². The summed E-state index contributed by atoms with van der Waals surface area (Å²) >= 11 is 0. The summed E-state index contributed by atoms with van der Waals surface area (Å²) in [6.45, 7) is 0. The normalized spacial score (nSPS) is 10.4. The molecule has 0 amide bonds. The van der Waals surface area contributed by atoms with Crippen molar-refractivity contribution >= 4 is 8.46 Å². The maximum Gasteiger partial charge on any atom is 0.159 e. The van der Waals surface area contributed by atoms with Gasteiger partial charge in [-0.3, -0.25) is 4.57 Å². The van der Waals surface area contributed by atoms with Gasteiger partial charge in [-0.2, -0.15) is 5.90 Å². The van der Waals surface area contributed by atoms with Gasteiger partial charge < -0.3 is 4.84 Å². The van der Waals surface area contributed by atoms with Crippen molar-refractivity contribution < 1.29 is 9.40 Å². The molecule has 7 heavy (non-hydrogen) atoms. The molecule has 0 fully saturated rings. The fourth-order valence-electron chi connectivity index (χ4n) is 0.142. The summed E-state index contributed by atoms with van der Waals surface area (Å²) in [5.41, 5.74) is 0. The van der Waals surface area contributed by atoms with Crippen LogP contribution in [-0.2, 0) is 9.40 Å². The third-order valence-corrected chi connectivity index (χ3v) is 0.715. The minimum absolute atomic E-state index is 0.0822. The van der Waals surface area contributed by atoms with Crippen LogP contribution in [0.5, 0.6) is 0 Å². The zero-order valence-electron chi connectivity index (χ0n) is 3.70. The van der Waals surface area contributed by atoms with Gasteiger partial charge in [-0.1, -0.05) is 0 Å². The lowest BCUT2D eigenvalue weighted by Gasteiger charge is -1.78. The smallest absolute Gasteiger partial charge is 0.159 e. The Morgan fingerprint density at radius 1 is 1.86 bits per heavy atom. The molecule has 0 heterocycles. The molecule has 0 saturated heterocycles. The van der Waals surface area contributed by atoms with E-state index in [2.05, 4.69) is 10.7 Å². The van der Waals surface area contributed by atoms with E-state index in [0.717, 1.165) is 0 Å². The molecule has 0 bridgehead atoms. The van der Waals surface area contributed by atoms with E-state index in [9.17, 15) is 4.57 Å². The van der Waals surface area contributed by atoms with Gasteiger partial charge >= 0.3 is 0 Å². The number of hydrogen-bond donors (Lipinski definition) is 1. The molecule has 0 saturated carbocycles. The Balaban J connectivity index is 2.92. The second kappa shape index (κ2) is 5.60. The van der Waals surface area contributed by atoms with Gasteiger partial charge in [0.15, 0.2) is 8.46 Å². The molecule has 0 spiro atoms. The summed E-state index contributed by atoms with van der Waals surface area (Å²) in [6.07, 6.45) is 3.30. The van der Waals surface area contributed by atoms with Crippen LogP contribution in [0.15, 0.2) is 12.3 Å². The highest BCUT2D eigenvalue weighted by atomic mass is 31.1. The van der Waals surface area contributed by atoms with E-state index >= 15 is 0 Å².